The van der Waals surface area contributed by atoms with Gasteiger partial charge in [-0.25, -0.2) is 13.6 Å². The zero-order chi connectivity index (χ0) is 14.6. The van der Waals surface area contributed by atoms with Crippen LogP contribution in [0.5, 0.6) is 0 Å². The first kappa shape index (κ1) is 14.9. The van der Waals surface area contributed by atoms with Gasteiger partial charge in [-0.1, -0.05) is 6.07 Å². The van der Waals surface area contributed by atoms with Gasteiger partial charge in [-0.2, -0.15) is 0 Å². The summed E-state index contributed by atoms with van der Waals surface area (Å²) in [6.07, 6.45) is 3.17. The zero-order valence-corrected chi connectivity index (χ0v) is 12.7. The van der Waals surface area contributed by atoms with Crippen LogP contribution in [0.25, 0.3) is 6.08 Å². The molecule has 0 saturated carbocycles. The van der Waals surface area contributed by atoms with Gasteiger partial charge in [0.15, 0.2) is 0 Å². The number of sulfonamides is 1. The number of hydrogen-bond acceptors (Lipinski definition) is 5. The second kappa shape index (κ2) is 6.31. The average Bonchev–Trinajstić information content (AvgIpc) is 3.04. The number of rotatable bonds is 5. The molecule has 0 aromatic carbocycles. The summed E-state index contributed by atoms with van der Waals surface area (Å²) in [6, 6.07) is 6.88. The molecule has 5 nitrogen and oxygen atoms in total. The average molecular weight is 328 g/mol. The molecule has 2 rings (SSSR count). The minimum Gasteiger partial charge on any atom is -0.348 e. The minimum atomic E-state index is -3.67. The predicted molar refractivity (Wildman–Crippen MR) is 80.9 cm³/mol. The van der Waals surface area contributed by atoms with Gasteiger partial charge in [-0.05, 0) is 29.7 Å². The molecule has 1 amide bonds. The monoisotopic (exact) mass is 328 g/mol. The number of carbonyl (C=O) groups excluding carboxylic acids is 1. The van der Waals surface area contributed by atoms with Crippen LogP contribution < -0.4 is 10.5 Å². The van der Waals surface area contributed by atoms with Gasteiger partial charge >= 0.3 is 0 Å². The topological polar surface area (TPSA) is 89.3 Å². The fourth-order valence-electron chi connectivity index (χ4n) is 1.38. The standard InChI is InChI=1S/C12H12N2O3S3/c13-20(16,17)12-6-4-10(19-12)8-14-11(15)5-3-9-2-1-7-18-9/h1-7H,8H2,(H,14,15)(H2,13,16,17). The number of amides is 1. The zero-order valence-electron chi connectivity index (χ0n) is 10.3. The fraction of sp³-hybridized carbons (Fsp3) is 0.0833. The van der Waals surface area contributed by atoms with Crippen LogP contribution in [-0.2, 0) is 21.4 Å². The molecular weight excluding hydrogens is 316 g/mol. The van der Waals surface area contributed by atoms with E-state index in [9.17, 15) is 13.2 Å². The van der Waals surface area contributed by atoms with Crippen molar-refractivity contribution < 1.29 is 13.2 Å². The third kappa shape index (κ3) is 4.27. The number of carbonyl (C=O) groups is 1. The molecular formula is C12H12N2O3S3. The van der Waals surface area contributed by atoms with Crippen LogP contribution in [0.1, 0.15) is 9.75 Å². The van der Waals surface area contributed by atoms with Crippen LogP contribution in [0.15, 0.2) is 39.9 Å². The number of hydrogen-bond donors (Lipinski definition) is 2. The van der Waals surface area contributed by atoms with E-state index in [0.29, 0.717) is 0 Å². The molecule has 0 fully saturated rings. The van der Waals surface area contributed by atoms with Crippen molar-refractivity contribution in [1.82, 2.24) is 5.32 Å². The summed E-state index contributed by atoms with van der Waals surface area (Å²) >= 11 is 2.59. The molecule has 0 atom stereocenters. The highest BCUT2D eigenvalue weighted by Gasteiger charge is 2.11. The molecule has 3 N–H and O–H groups in total. The van der Waals surface area contributed by atoms with Crippen molar-refractivity contribution in [2.24, 2.45) is 5.14 Å². The van der Waals surface area contributed by atoms with E-state index in [2.05, 4.69) is 5.32 Å². The van der Waals surface area contributed by atoms with Crippen molar-refractivity contribution in [2.75, 3.05) is 0 Å². The lowest BCUT2D eigenvalue weighted by Gasteiger charge is -1.98. The second-order valence-electron chi connectivity index (χ2n) is 3.83. The van der Waals surface area contributed by atoms with Crippen LogP contribution >= 0.6 is 22.7 Å². The Morgan fingerprint density at radius 1 is 1.35 bits per heavy atom. The fourth-order valence-corrected chi connectivity index (χ4v) is 3.72. The van der Waals surface area contributed by atoms with E-state index in [4.69, 9.17) is 5.14 Å². The second-order valence-corrected chi connectivity index (χ2v) is 7.77. The molecule has 20 heavy (non-hydrogen) atoms. The van der Waals surface area contributed by atoms with Gasteiger partial charge in [-0.15, -0.1) is 22.7 Å². The van der Waals surface area contributed by atoms with Gasteiger partial charge in [0.2, 0.25) is 15.9 Å². The van der Waals surface area contributed by atoms with Crippen LogP contribution in [0.4, 0.5) is 0 Å². The van der Waals surface area contributed by atoms with Gasteiger partial charge in [0.25, 0.3) is 0 Å². The predicted octanol–water partition coefficient (Wildman–Crippen LogP) is 1.79. The van der Waals surface area contributed by atoms with E-state index >= 15 is 0 Å². The molecule has 8 heteroatoms. The molecule has 0 aliphatic carbocycles. The quantitative estimate of drug-likeness (QED) is 0.820. The van der Waals surface area contributed by atoms with Crippen molar-refractivity contribution >= 4 is 44.7 Å². The van der Waals surface area contributed by atoms with Gasteiger partial charge in [0, 0.05) is 15.8 Å². The molecule has 0 radical (unpaired) electrons. The van der Waals surface area contributed by atoms with Crippen molar-refractivity contribution in [3.05, 3.63) is 45.5 Å². The Bertz CT molecular complexity index is 715. The van der Waals surface area contributed by atoms with E-state index in [-0.39, 0.29) is 16.7 Å². The smallest absolute Gasteiger partial charge is 0.247 e. The summed E-state index contributed by atoms with van der Waals surface area (Å²) in [7, 11) is -3.67. The maximum absolute atomic E-state index is 11.6. The molecule has 0 saturated heterocycles. The summed E-state index contributed by atoms with van der Waals surface area (Å²) in [5.74, 6) is -0.232. The lowest BCUT2D eigenvalue weighted by Crippen LogP contribution is -2.19. The molecule has 106 valence electrons. The number of primary sulfonamides is 1. The SMILES string of the molecule is NS(=O)(=O)c1ccc(CNC(=O)C=Cc2cccs2)s1. The lowest BCUT2D eigenvalue weighted by molar-refractivity contribution is -0.116. The van der Waals surface area contributed by atoms with E-state index in [1.54, 1.807) is 23.5 Å². The normalized spacial score (nSPS) is 11.8. The molecule has 2 heterocycles. The van der Waals surface area contributed by atoms with Crippen LogP contribution in [-0.4, -0.2) is 14.3 Å². The molecule has 2 aromatic heterocycles. The van der Waals surface area contributed by atoms with Crippen molar-refractivity contribution in [3.63, 3.8) is 0 Å². The van der Waals surface area contributed by atoms with Gasteiger partial charge in [0.05, 0.1) is 6.54 Å². The van der Waals surface area contributed by atoms with E-state index in [1.165, 1.54) is 12.1 Å². The Hall–Kier alpha value is -1.48. The first-order chi connectivity index (χ1) is 9.45. The largest absolute Gasteiger partial charge is 0.348 e. The summed E-state index contributed by atoms with van der Waals surface area (Å²) in [4.78, 5) is 13.3. The van der Waals surface area contributed by atoms with E-state index in [1.807, 2.05) is 17.5 Å². The maximum Gasteiger partial charge on any atom is 0.247 e. The first-order valence-electron chi connectivity index (χ1n) is 5.56. The highest BCUT2D eigenvalue weighted by atomic mass is 32.2. The van der Waals surface area contributed by atoms with Crippen molar-refractivity contribution in [3.8, 4) is 0 Å². The third-order valence-corrected chi connectivity index (χ3v) is 5.66. The molecule has 0 bridgehead atoms. The Balaban J connectivity index is 1.89. The lowest BCUT2D eigenvalue weighted by atomic mass is 10.4. The van der Waals surface area contributed by atoms with Gasteiger partial charge < -0.3 is 5.32 Å². The first-order valence-corrected chi connectivity index (χ1v) is 8.80. The molecule has 0 aliphatic rings. The maximum atomic E-state index is 11.6. The minimum absolute atomic E-state index is 0.0934. The highest BCUT2D eigenvalue weighted by molar-refractivity contribution is 7.91. The Morgan fingerprint density at radius 3 is 2.75 bits per heavy atom. The summed E-state index contributed by atoms with van der Waals surface area (Å²) in [5.41, 5.74) is 0. The molecule has 0 unspecified atom stereocenters. The number of thiophene rings is 2. The van der Waals surface area contributed by atoms with E-state index < -0.39 is 10.0 Å². The highest BCUT2D eigenvalue weighted by Crippen LogP contribution is 2.19. The summed E-state index contributed by atoms with van der Waals surface area (Å²) < 4.78 is 22.3. The Labute approximate surface area is 124 Å². The van der Waals surface area contributed by atoms with Crippen LogP contribution in [0, 0.1) is 0 Å². The van der Waals surface area contributed by atoms with Crippen molar-refractivity contribution in [1.29, 1.82) is 0 Å². The summed E-state index contributed by atoms with van der Waals surface area (Å²) in [6.45, 7) is 0.272. The molecule has 0 aliphatic heterocycles. The van der Waals surface area contributed by atoms with Gasteiger partial charge in [-0.3, -0.25) is 4.79 Å². The van der Waals surface area contributed by atoms with Crippen LogP contribution in [0.3, 0.4) is 0 Å². The third-order valence-electron chi connectivity index (χ3n) is 2.30. The van der Waals surface area contributed by atoms with E-state index in [0.717, 1.165) is 21.1 Å². The van der Waals surface area contributed by atoms with Gasteiger partial charge in [0.1, 0.15) is 4.21 Å². The molecule has 0 spiro atoms. The van der Waals surface area contributed by atoms with Crippen molar-refractivity contribution in [2.45, 2.75) is 10.8 Å². The Kier molecular flexibility index (Phi) is 4.71. The Morgan fingerprint density at radius 2 is 2.15 bits per heavy atom. The number of nitrogens with one attached hydrogen (secondary N) is 1. The van der Waals surface area contributed by atoms with Crippen LogP contribution in [0.2, 0.25) is 0 Å². The molecule has 2 aromatic rings. The number of nitrogens with two attached hydrogens (primary N) is 1. The summed E-state index contributed by atoms with van der Waals surface area (Å²) in [5, 5.41) is 9.62.